The third-order valence-corrected chi connectivity index (χ3v) is 3.66. The van der Waals surface area contributed by atoms with Crippen LogP contribution in [0.1, 0.15) is 15.9 Å². The third-order valence-electron chi connectivity index (χ3n) is 3.66. The Hall–Kier alpha value is -3.22. The Morgan fingerprint density at radius 1 is 1.21 bits per heavy atom. The molecule has 0 aliphatic heterocycles. The van der Waals surface area contributed by atoms with Crippen LogP contribution < -0.4 is 5.32 Å². The lowest BCUT2D eigenvalue weighted by molar-refractivity contribution is -0.139. The summed E-state index contributed by atoms with van der Waals surface area (Å²) in [6.07, 6.45) is 1.65. The largest absolute Gasteiger partial charge is 0.480 e. The molecule has 0 bridgehead atoms. The fraction of sp³-hybridized carbons (Fsp3) is 0.118. The second-order valence-corrected chi connectivity index (χ2v) is 5.37. The fourth-order valence-electron chi connectivity index (χ4n) is 2.38. The minimum Gasteiger partial charge on any atom is -0.480 e. The maximum Gasteiger partial charge on any atom is 0.326 e. The Morgan fingerprint density at radius 3 is 2.67 bits per heavy atom. The molecule has 3 aromatic rings. The molecule has 7 heteroatoms. The minimum absolute atomic E-state index is 0.0648. The van der Waals surface area contributed by atoms with E-state index in [1.165, 1.54) is 24.3 Å². The van der Waals surface area contributed by atoms with Gasteiger partial charge in [0.1, 0.15) is 11.9 Å². The Kier molecular flexibility index (Phi) is 4.24. The number of carboxylic acids is 1. The molecule has 0 fully saturated rings. The number of aromatic amines is 1. The van der Waals surface area contributed by atoms with Gasteiger partial charge in [0.05, 0.1) is 11.7 Å². The number of H-pyrrole nitrogens is 1. The normalized spacial score (nSPS) is 12.0. The van der Waals surface area contributed by atoms with Crippen molar-refractivity contribution in [3.05, 3.63) is 65.6 Å². The number of aromatic nitrogens is 2. The number of carboxylic acid groups (broad SMARTS) is 1. The number of aliphatic carboxylic acids is 1. The van der Waals surface area contributed by atoms with Crippen LogP contribution in [0.2, 0.25) is 0 Å². The molecular formula is C17H14FN3O3. The average Bonchev–Trinajstić information content (AvgIpc) is 3.03. The first-order valence-corrected chi connectivity index (χ1v) is 7.24. The highest BCUT2D eigenvalue weighted by atomic mass is 19.1. The monoisotopic (exact) mass is 327 g/mol. The van der Waals surface area contributed by atoms with Gasteiger partial charge in [0.15, 0.2) is 0 Å². The number of fused-ring (bicyclic) bond motifs is 1. The second-order valence-electron chi connectivity index (χ2n) is 5.37. The van der Waals surface area contributed by atoms with Gasteiger partial charge < -0.3 is 10.4 Å². The Labute approximate surface area is 136 Å². The molecule has 122 valence electrons. The summed E-state index contributed by atoms with van der Waals surface area (Å²) in [4.78, 5) is 23.7. The third kappa shape index (κ3) is 3.40. The van der Waals surface area contributed by atoms with Gasteiger partial charge in [0.2, 0.25) is 0 Å². The Morgan fingerprint density at radius 2 is 1.96 bits per heavy atom. The first-order chi connectivity index (χ1) is 11.5. The number of hydrogen-bond donors (Lipinski definition) is 3. The zero-order chi connectivity index (χ0) is 17.1. The molecule has 0 aliphatic carbocycles. The van der Waals surface area contributed by atoms with Crippen LogP contribution in [0.15, 0.2) is 48.7 Å². The van der Waals surface area contributed by atoms with Gasteiger partial charge in [-0.3, -0.25) is 9.89 Å². The summed E-state index contributed by atoms with van der Waals surface area (Å²) in [5.41, 5.74) is 1.75. The predicted octanol–water partition coefficient (Wildman–Crippen LogP) is 2.13. The van der Waals surface area contributed by atoms with E-state index in [9.17, 15) is 19.1 Å². The lowest BCUT2D eigenvalue weighted by Crippen LogP contribution is -2.42. The van der Waals surface area contributed by atoms with Gasteiger partial charge in [-0.15, -0.1) is 0 Å². The summed E-state index contributed by atoms with van der Waals surface area (Å²) in [7, 11) is 0. The van der Waals surface area contributed by atoms with Gasteiger partial charge in [-0.1, -0.05) is 12.1 Å². The van der Waals surface area contributed by atoms with Crippen molar-refractivity contribution in [3.63, 3.8) is 0 Å². The van der Waals surface area contributed by atoms with Gasteiger partial charge in [0, 0.05) is 17.4 Å². The van der Waals surface area contributed by atoms with E-state index in [0.29, 0.717) is 11.1 Å². The number of carbonyl (C=O) groups excluding carboxylic acids is 1. The quantitative estimate of drug-likeness (QED) is 0.669. The van der Waals surface area contributed by atoms with Crippen molar-refractivity contribution in [2.45, 2.75) is 12.5 Å². The Balaban J connectivity index is 1.75. The molecule has 6 nitrogen and oxygen atoms in total. The molecule has 0 aliphatic rings. The molecule has 0 saturated carbocycles. The molecule has 1 heterocycles. The van der Waals surface area contributed by atoms with Gasteiger partial charge in [-0.2, -0.15) is 5.10 Å². The van der Waals surface area contributed by atoms with Crippen LogP contribution in [0.25, 0.3) is 10.9 Å². The second kappa shape index (κ2) is 6.49. The standard InChI is InChI=1S/C17H14FN3O3/c18-13-4-1-10(2-5-13)7-15(17(23)24)20-16(22)11-3-6-14-12(8-11)9-19-21-14/h1-6,8-9,15H,7H2,(H,19,21)(H,20,22)(H,23,24)/t15-/m1/s1. The average molecular weight is 327 g/mol. The molecule has 0 saturated heterocycles. The topological polar surface area (TPSA) is 95.1 Å². The molecule has 3 rings (SSSR count). The van der Waals surface area contributed by atoms with Crippen molar-refractivity contribution < 1.29 is 19.1 Å². The first-order valence-electron chi connectivity index (χ1n) is 7.24. The maximum absolute atomic E-state index is 12.9. The summed E-state index contributed by atoms with van der Waals surface area (Å²) in [6.45, 7) is 0. The zero-order valence-electron chi connectivity index (χ0n) is 12.5. The number of rotatable bonds is 5. The molecule has 0 unspecified atom stereocenters. The predicted molar refractivity (Wildman–Crippen MR) is 85.1 cm³/mol. The zero-order valence-corrected chi connectivity index (χ0v) is 12.5. The number of nitrogens with one attached hydrogen (secondary N) is 2. The van der Waals surface area contributed by atoms with E-state index < -0.39 is 23.7 Å². The lowest BCUT2D eigenvalue weighted by atomic mass is 10.1. The van der Waals surface area contributed by atoms with Gasteiger partial charge >= 0.3 is 5.97 Å². The van der Waals surface area contributed by atoms with Crippen LogP contribution in [0, 0.1) is 5.82 Å². The number of hydrogen-bond acceptors (Lipinski definition) is 3. The van der Waals surface area contributed by atoms with Crippen LogP contribution in [-0.2, 0) is 11.2 Å². The summed E-state index contributed by atoms with van der Waals surface area (Å²) in [5.74, 6) is -2.05. The number of carbonyl (C=O) groups is 2. The van der Waals surface area contributed by atoms with Crippen molar-refractivity contribution in [3.8, 4) is 0 Å². The molecular weight excluding hydrogens is 313 g/mol. The SMILES string of the molecule is O=C(N[C@H](Cc1ccc(F)cc1)C(=O)O)c1ccc2[nH]ncc2c1. The van der Waals surface area contributed by atoms with E-state index in [-0.39, 0.29) is 6.42 Å². The molecule has 1 atom stereocenters. The Bertz CT molecular complexity index is 889. The lowest BCUT2D eigenvalue weighted by Gasteiger charge is -2.15. The van der Waals surface area contributed by atoms with E-state index in [2.05, 4.69) is 15.5 Å². The highest BCUT2D eigenvalue weighted by Gasteiger charge is 2.21. The van der Waals surface area contributed by atoms with Gasteiger partial charge in [0.25, 0.3) is 5.91 Å². The highest BCUT2D eigenvalue weighted by molar-refractivity contribution is 5.99. The molecule has 3 N–H and O–H groups in total. The van der Waals surface area contributed by atoms with Crippen molar-refractivity contribution in [2.75, 3.05) is 0 Å². The van der Waals surface area contributed by atoms with Gasteiger partial charge in [-0.05, 0) is 35.9 Å². The molecule has 0 spiro atoms. The van der Waals surface area contributed by atoms with Crippen LogP contribution in [-0.4, -0.2) is 33.2 Å². The van der Waals surface area contributed by atoms with Crippen LogP contribution in [0.4, 0.5) is 4.39 Å². The number of nitrogens with zero attached hydrogens (tertiary/aromatic N) is 1. The van der Waals surface area contributed by atoms with E-state index in [0.717, 1.165) is 10.9 Å². The smallest absolute Gasteiger partial charge is 0.326 e. The van der Waals surface area contributed by atoms with Crippen LogP contribution >= 0.6 is 0 Å². The highest BCUT2D eigenvalue weighted by Crippen LogP contribution is 2.13. The summed E-state index contributed by atoms with van der Waals surface area (Å²) in [5, 5.41) is 19.2. The fourth-order valence-corrected chi connectivity index (χ4v) is 2.38. The summed E-state index contributed by atoms with van der Waals surface area (Å²) >= 11 is 0. The van der Waals surface area contributed by atoms with E-state index in [1.807, 2.05) is 0 Å². The minimum atomic E-state index is -1.16. The molecule has 1 amide bonds. The van der Waals surface area contributed by atoms with Gasteiger partial charge in [-0.25, -0.2) is 9.18 Å². The molecule has 1 aromatic heterocycles. The number of halogens is 1. The molecule has 24 heavy (non-hydrogen) atoms. The summed E-state index contributed by atoms with van der Waals surface area (Å²) < 4.78 is 12.9. The summed E-state index contributed by atoms with van der Waals surface area (Å²) in [6, 6.07) is 9.31. The van der Waals surface area contributed by atoms with E-state index >= 15 is 0 Å². The molecule has 2 aromatic carbocycles. The number of amides is 1. The van der Waals surface area contributed by atoms with Crippen molar-refractivity contribution >= 4 is 22.8 Å². The van der Waals surface area contributed by atoms with Crippen LogP contribution in [0.5, 0.6) is 0 Å². The van der Waals surface area contributed by atoms with Crippen molar-refractivity contribution in [1.29, 1.82) is 0 Å². The van der Waals surface area contributed by atoms with Crippen molar-refractivity contribution in [1.82, 2.24) is 15.5 Å². The number of benzene rings is 2. The van der Waals surface area contributed by atoms with Crippen LogP contribution in [0.3, 0.4) is 0 Å². The molecule has 0 radical (unpaired) electrons. The maximum atomic E-state index is 12.9. The van der Waals surface area contributed by atoms with E-state index in [1.54, 1.807) is 24.4 Å². The van der Waals surface area contributed by atoms with Crippen molar-refractivity contribution in [2.24, 2.45) is 0 Å². The van der Waals surface area contributed by atoms with E-state index in [4.69, 9.17) is 0 Å². The first kappa shape index (κ1) is 15.7.